The van der Waals surface area contributed by atoms with Gasteiger partial charge in [0.25, 0.3) is 11.8 Å². The molecule has 3 aromatic rings. The van der Waals surface area contributed by atoms with Gasteiger partial charge in [-0.1, -0.05) is 12.1 Å². The van der Waals surface area contributed by atoms with Crippen molar-refractivity contribution in [2.75, 3.05) is 5.32 Å². The highest BCUT2D eigenvalue weighted by molar-refractivity contribution is 6.03. The minimum absolute atomic E-state index is 0.0832. The van der Waals surface area contributed by atoms with E-state index >= 15 is 0 Å². The Hall–Kier alpha value is -3.61. The molecule has 2 amide bonds. The van der Waals surface area contributed by atoms with Crippen LogP contribution in [0.1, 0.15) is 26.7 Å². The summed E-state index contributed by atoms with van der Waals surface area (Å²) in [5, 5.41) is 5.30. The van der Waals surface area contributed by atoms with Crippen molar-refractivity contribution in [3.05, 3.63) is 89.8 Å². The standard InChI is InChI=1S/C19H15FN4O2/c20-13-7-9-14(10-8-13)23-19(26)17-6-3-5-16(24-17)18(25)22-12-15-4-1-2-11-21-15/h1-11H,12H2,(H,22,25)(H,23,26). The van der Waals surface area contributed by atoms with Crippen molar-refractivity contribution in [3.8, 4) is 0 Å². The zero-order valence-corrected chi connectivity index (χ0v) is 13.6. The molecule has 1 aromatic carbocycles. The molecule has 6 nitrogen and oxygen atoms in total. The van der Waals surface area contributed by atoms with Crippen LogP contribution in [0.3, 0.4) is 0 Å². The molecule has 0 aliphatic rings. The van der Waals surface area contributed by atoms with Crippen LogP contribution in [0, 0.1) is 5.82 Å². The molecule has 0 unspecified atom stereocenters. The van der Waals surface area contributed by atoms with Gasteiger partial charge in [0.1, 0.15) is 17.2 Å². The fourth-order valence-electron chi connectivity index (χ4n) is 2.18. The van der Waals surface area contributed by atoms with Gasteiger partial charge in [0, 0.05) is 11.9 Å². The van der Waals surface area contributed by atoms with Crippen LogP contribution in [-0.4, -0.2) is 21.8 Å². The molecule has 7 heteroatoms. The smallest absolute Gasteiger partial charge is 0.274 e. The third-order valence-electron chi connectivity index (χ3n) is 3.47. The molecule has 0 fully saturated rings. The van der Waals surface area contributed by atoms with E-state index in [1.165, 1.54) is 36.4 Å². The number of hydrogen-bond acceptors (Lipinski definition) is 4. The summed E-state index contributed by atoms with van der Waals surface area (Å²) < 4.78 is 12.9. The molecule has 0 spiro atoms. The average Bonchev–Trinajstić information content (AvgIpc) is 2.69. The molecule has 3 rings (SSSR count). The number of aromatic nitrogens is 2. The highest BCUT2D eigenvalue weighted by Crippen LogP contribution is 2.10. The van der Waals surface area contributed by atoms with Crippen LogP contribution in [0.15, 0.2) is 66.9 Å². The highest BCUT2D eigenvalue weighted by Gasteiger charge is 2.12. The second-order valence-corrected chi connectivity index (χ2v) is 5.37. The lowest BCUT2D eigenvalue weighted by Gasteiger charge is -2.07. The monoisotopic (exact) mass is 350 g/mol. The van der Waals surface area contributed by atoms with E-state index in [9.17, 15) is 14.0 Å². The van der Waals surface area contributed by atoms with Crippen LogP contribution >= 0.6 is 0 Å². The lowest BCUT2D eigenvalue weighted by Crippen LogP contribution is -2.25. The molecule has 26 heavy (non-hydrogen) atoms. The van der Waals surface area contributed by atoms with Crippen molar-refractivity contribution in [2.24, 2.45) is 0 Å². The zero-order chi connectivity index (χ0) is 18.4. The first kappa shape index (κ1) is 17.2. The summed E-state index contributed by atoms with van der Waals surface area (Å²) in [5.41, 5.74) is 1.35. The van der Waals surface area contributed by atoms with Crippen molar-refractivity contribution in [3.63, 3.8) is 0 Å². The molecular formula is C19H15FN4O2. The summed E-state index contributed by atoms with van der Waals surface area (Å²) in [5.74, 6) is -1.30. The van der Waals surface area contributed by atoms with Gasteiger partial charge in [-0.15, -0.1) is 0 Å². The van der Waals surface area contributed by atoms with E-state index in [0.717, 1.165) is 0 Å². The molecule has 0 saturated heterocycles. The number of nitrogens with one attached hydrogen (secondary N) is 2. The largest absolute Gasteiger partial charge is 0.345 e. The number of nitrogens with zero attached hydrogens (tertiary/aromatic N) is 2. The van der Waals surface area contributed by atoms with Crippen molar-refractivity contribution in [1.82, 2.24) is 15.3 Å². The number of rotatable bonds is 5. The Kier molecular flexibility index (Phi) is 5.28. The molecule has 130 valence electrons. The fraction of sp³-hybridized carbons (Fsp3) is 0.0526. The number of pyridine rings is 2. The van der Waals surface area contributed by atoms with Crippen molar-refractivity contribution >= 4 is 17.5 Å². The lowest BCUT2D eigenvalue weighted by molar-refractivity contribution is 0.0945. The summed E-state index contributed by atoms with van der Waals surface area (Å²) in [7, 11) is 0. The van der Waals surface area contributed by atoms with Gasteiger partial charge < -0.3 is 10.6 Å². The number of carbonyl (C=O) groups is 2. The number of amides is 2. The third kappa shape index (κ3) is 4.47. The van der Waals surface area contributed by atoms with E-state index in [1.54, 1.807) is 24.4 Å². The number of hydrogen-bond donors (Lipinski definition) is 2. The maximum absolute atomic E-state index is 12.9. The first-order valence-corrected chi connectivity index (χ1v) is 7.84. The average molecular weight is 350 g/mol. The Bertz CT molecular complexity index is 914. The van der Waals surface area contributed by atoms with Gasteiger partial charge in [-0.05, 0) is 48.5 Å². The van der Waals surface area contributed by atoms with Crippen LogP contribution < -0.4 is 10.6 Å². The van der Waals surface area contributed by atoms with Gasteiger partial charge in [-0.2, -0.15) is 0 Å². The van der Waals surface area contributed by atoms with Gasteiger partial charge in [0.2, 0.25) is 0 Å². The van der Waals surface area contributed by atoms with E-state index < -0.39 is 17.6 Å². The summed E-state index contributed by atoms with van der Waals surface area (Å²) in [4.78, 5) is 32.7. The Labute approximate surface area is 149 Å². The summed E-state index contributed by atoms with van der Waals surface area (Å²) in [6.07, 6.45) is 1.64. The summed E-state index contributed by atoms with van der Waals surface area (Å²) in [6, 6.07) is 15.4. The minimum Gasteiger partial charge on any atom is -0.345 e. The molecule has 2 N–H and O–H groups in total. The molecule has 0 bridgehead atoms. The normalized spacial score (nSPS) is 10.2. The predicted octanol–water partition coefficient (Wildman–Crippen LogP) is 2.80. The zero-order valence-electron chi connectivity index (χ0n) is 13.6. The van der Waals surface area contributed by atoms with E-state index in [1.807, 2.05) is 6.07 Å². The van der Waals surface area contributed by atoms with Crippen molar-refractivity contribution in [1.29, 1.82) is 0 Å². The number of halogens is 1. The Morgan fingerprint density at radius 1 is 0.885 bits per heavy atom. The first-order valence-electron chi connectivity index (χ1n) is 7.84. The van der Waals surface area contributed by atoms with E-state index in [0.29, 0.717) is 11.4 Å². The van der Waals surface area contributed by atoms with Crippen molar-refractivity contribution < 1.29 is 14.0 Å². The van der Waals surface area contributed by atoms with E-state index in [4.69, 9.17) is 0 Å². The summed E-state index contributed by atoms with van der Waals surface area (Å²) in [6.45, 7) is 0.257. The van der Waals surface area contributed by atoms with Gasteiger partial charge in [-0.3, -0.25) is 14.6 Å². The Morgan fingerprint density at radius 2 is 1.62 bits per heavy atom. The number of benzene rings is 1. The van der Waals surface area contributed by atoms with Gasteiger partial charge >= 0.3 is 0 Å². The van der Waals surface area contributed by atoms with Crippen LogP contribution in [0.25, 0.3) is 0 Å². The maximum Gasteiger partial charge on any atom is 0.274 e. The third-order valence-corrected chi connectivity index (χ3v) is 3.47. The topological polar surface area (TPSA) is 84.0 Å². The number of carbonyl (C=O) groups excluding carboxylic acids is 2. The molecule has 2 aromatic heterocycles. The SMILES string of the molecule is O=C(NCc1ccccn1)c1cccc(C(=O)Nc2ccc(F)cc2)n1. The fourth-order valence-corrected chi connectivity index (χ4v) is 2.18. The predicted molar refractivity (Wildman–Crippen MR) is 94.0 cm³/mol. The molecule has 0 aliphatic heterocycles. The van der Waals surface area contributed by atoms with E-state index in [-0.39, 0.29) is 17.9 Å². The van der Waals surface area contributed by atoms with Gasteiger partial charge in [0.05, 0.1) is 12.2 Å². The summed E-state index contributed by atoms with van der Waals surface area (Å²) >= 11 is 0. The second-order valence-electron chi connectivity index (χ2n) is 5.37. The molecule has 0 saturated carbocycles. The Morgan fingerprint density at radius 3 is 2.31 bits per heavy atom. The molecule has 0 aliphatic carbocycles. The van der Waals surface area contributed by atoms with Gasteiger partial charge in [0.15, 0.2) is 0 Å². The molecule has 0 atom stereocenters. The van der Waals surface area contributed by atoms with Crippen LogP contribution in [-0.2, 0) is 6.54 Å². The quantitative estimate of drug-likeness (QED) is 0.741. The van der Waals surface area contributed by atoms with E-state index in [2.05, 4.69) is 20.6 Å². The van der Waals surface area contributed by atoms with Crippen LogP contribution in [0.4, 0.5) is 10.1 Å². The van der Waals surface area contributed by atoms with Crippen LogP contribution in [0.2, 0.25) is 0 Å². The van der Waals surface area contributed by atoms with Crippen molar-refractivity contribution in [2.45, 2.75) is 6.54 Å². The molecule has 0 radical (unpaired) electrons. The maximum atomic E-state index is 12.9. The number of anilines is 1. The highest BCUT2D eigenvalue weighted by atomic mass is 19.1. The Balaban J connectivity index is 1.66. The minimum atomic E-state index is -0.490. The van der Waals surface area contributed by atoms with Crippen LogP contribution in [0.5, 0.6) is 0 Å². The second kappa shape index (κ2) is 7.98. The molecule has 2 heterocycles. The first-order chi connectivity index (χ1) is 12.6. The van der Waals surface area contributed by atoms with Gasteiger partial charge in [-0.25, -0.2) is 9.37 Å². The molecular weight excluding hydrogens is 335 g/mol. The lowest BCUT2D eigenvalue weighted by atomic mass is 10.2.